The number of nitro benzene ring substituents is 1. The van der Waals surface area contributed by atoms with Gasteiger partial charge in [-0.1, -0.05) is 12.1 Å². The zero-order chi connectivity index (χ0) is 12.3. The summed E-state index contributed by atoms with van der Waals surface area (Å²) in [4.78, 5) is 10.2. The maximum Gasteiger partial charge on any atom is 0.292 e. The Labute approximate surface area is 97.3 Å². The average molecular weight is 230 g/mol. The van der Waals surface area contributed by atoms with Crippen LogP contribution in [-0.4, -0.2) is 4.92 Å². The summed E-state index contributed by atoms with van der Waals surface area (Å²) in [6, 6.07) is 8.21. The predicted molar refractivity (Wildman–Crippen MR) is 65.1 cm³/mol. The number of nitrogen functional groups attached to an aromatic ring is 1. The van der Waals surface area contributed by atoms with Gasteiger partial charge in [-0.15, -0.1) is 0 Å². The first-order chi connectivity index (χ1) is 8.16. The minimum absolute atomic E-state index is 0.0911. The van der Waals surface area contributed by atoms with E-state index in [1.165, 1.54) is 12.1 Å². The molecule has 0 bridgehead atoms. The van der Waals surface area contributed by atoms with Crippen LogP contribution < -0.4 is 5.73 Å². The van der Waals surface area contributed by atoms with Crippen LogP contribution in [-0.2, 0) is 0 Å². The second-order valence-electron chi connectivity index (χ2n) is 3.42. The fourth-order valence-electron chi connectivity index (χ4n) is 1.39. The first-order valence-corrected chi connectivity index (χ1v) is 4.92. The third kappa shape index (κ3) is 2.52. The third-order valence-electron chi connectivity index (χ3n) is 2.23. The Morgan fingerprint density at radius 1 is 1.29 bits per heavy atom. The van der Waals surface area contributed by atoms with E-state index in [2.05, 4.69) is 0 Å². The molecule has 0 aliphatic rings. The lowest BCUT2D eigenvalue weighted by molar-refractivity contribution is -0.383. The highest BCUT2D eigenvalue weighted by molar-refractivity contribution is 5.71. The van der Waals surface area contributed by atoms with Gasteiger partial charge < -0.3 is 10.2 Å². The molecule has 5 heteroatoms. The van der Waals surface area contributed by atoms with E-state index in [4.69, 9.17) is 10.2 Å². The second kappa shape index (κ2) is 4.52. The van der Waals surface area contributed by atoms with Crippen LogP contribution in [0.2, 0.25) is 0 Å². The van der Waals surface area contributed by atoms with Gasteiger partial charge in [0, 0.05) is 6.07 Å². The monoisotopic (exact) mass is 230 g/mol. The summed E-state index contributed by atoms with van der Waals surface area (Å²) in [6.45, 7) is 0. The van der Waals surface area contributed by atoms with Gasteiger partial charge in [-0.25, -0.2) is 0 Å². The number of nitro groups is 1. The molecule has 1 heterocycles. The molecule has 0 aliphatic carbocycles. The van der Waals surface area contributed by atoms with Crippen LogP contribution in [0.25, 0.3) is 12.2 Å². The molecule has 0 unspecified atom stereocenters. The summed E-state index contributed by atoms with van der Waals surface area (Å²) < 4.78 is 5.11. The molecule has 0 amide bonds. The molecule has 2 N–H and O–H groups in total. The Morgan fingerprint density at radius 2 is 2.12 bits per heavy atom. The molecule has 2 aromatic rings. The molecular formula is C12H10N2O3. The van der Waals surface area contributed by atoms with E-state index in [9.17, 15) is 10.1 Å². The summed E-state index contributed by atoms with van der Waals surface area (Å²) in [7, 11) is 0. The van der Waals surface area contributed by atoms with Gasteiger partial charge in [0.15, 0.2) is 0 Å². The number of furan rings is 1. The molecule has 1 aromatic heterocycles. The highest BCUT2D eigenvalue weighted by Gasteiger charge is 2.10. The van der Waals surface area contributed by atoms with Gasteiger partial charge in [-0.05, 0) is 29.8 Å². The number of rotatable bonds is 3. The molecule has 1 aromatic carbocycles. The molecule has 0 radical (unpaired) electrons. The number of benzene rings is 1. The highest BCUT2D eigenvalue weighted by atomic mass is 16.6. The van der Waals surface area contributed by atoms with Crippen molar-refractivity contribution in [3.63, 3.8) is 0 Å². The normalized spacial score (nSPS) is 10.8. The maximum atomic E-state index is 10.7. The van der Waals surface area contributed by atoms with Crippen molar-refractivity contribution in [2.45, 2.75) is 0 Å². The fourth-order valence-corrected chi connectivity index (χ4v) is 1.39. The van der Waals surface area contributed by atoms with Crippen molar-refractivity contribution in [3.05, 3.63) is 58.0 Å². The molecular weight excluding hydrogens is 220 g/mol. The Hall–Kier alpha value is -2.56. The number of nitrogens with two attached hydrogens (primary N) is 1. The van der Waals surface area contributed by atoms with Gasteiger partial charge in [-0.2, -0.15) is 0 Å². The Bertz CT molecular complexity index is 559. The van der Waals surface area contributed by atoms with Gasteiger partial charge in [-0.3, -0.25) is 10.1 Å². The molecule has 0 spiro atoms. The average Bonchev–Trinajstić information content (AvgIpc) is 2.80. The van der Waals surface area contributed by atoms with Crippen LogP contribution in [0.1, 0.15) is 11.3 Å². The molecule has 17 heavy (non-hydrogen) atoms. The number of hydrogen-bond acceptors (Lipinski definition) is 4. The summed E-state index contributed by atoms with van der Waals surface area (Å²) in [5.41, 5.74) is 6.26. The van der Waals surface area contributed by atoms with Crippen LogP contribution in [0.3, 0.4) is 0 Å². The largest absolute Gasteiger partial charge is 0.465 e. The van der Waals surface area contributed by atoms with Crippen LogP contribution >= 0.6 is 0 Å². The van der Waals surface area contributed by atoms with Crippen molar-refractivity contribution in [2.75, 3.05) is 5.73 Å². The number of anilines is 1. The van der Waals surface area contributed by atoms with E-state index >= 15 is 0 Å². The molecule has 86 valence electrons. The van der Waals surface area contributed by atoms with Gasteiger partial charge in [0.1, 0.15) is 11.4 Å². The first-order valence-electron chi connectivity index (χ1n) is 4.92. The van der Waals surface area contributed by atoms with E-state index in [1.54, 1.807) is 36.6 Å². The Kier molecular flexibility index (Phi) is 2.91. The fraction of sp³-hybridized carbons (Fsp3) is 0. The standard InChI is InChI=1S/C12H10N2O3/c13-11-6-4-9(8-12(11)14(15)16)3-5-10-2-1-7-17-10/h1-8H,13H2. The quantitative estimate of drug-likeness (QED) is 0.499. The molecule has 0 saturated carbocycles. The van der Waals surface area contributed by atoms with Gasteiger partial charge in [0.2, 0.25) is 0 Å². The molecule has 0 atom stereocenters. The molecule has 0 saturated heterocycles. The highest BCUT2D eigenvalue weighted by Crippen LogP contribution is 2.23. The van der Waals surface area contributed by atoms with Crippen LogP contribution in [0.15, 0.2) is 41.0 Å². The first kappa shape index (κ1) is 10.9. The van der Waals surface area contributed by atoms with Crippen LogP contribution in [0.5, 0.6) is 0 Å². The van der Waals surface area contributed by atoms with Crippen LogP contribution in [0.4, 0.5) is 11.4 Å². The predicted octanol–water partition coefficient (Wildman–Crippen LogP) is 2.94. The van der Waals surface area contributed by atoms with E-state index < -0.39 is 4.92 Å². The van der Waals surface area contributed by atoms with E-state index in [0.29, 0.717) is 11.3 Å². The molecule has 0 aliphatic heterocycles. The second-order valence-corrected chi connectivity index (χ2v) is 3.42. The summed E-state index contributed by atoms with van der Waals surface area (Å²) in [5, 5.41) is 10.7. The van der Waals surface area contributed by atoms with Crippen molar-refractivity contribution in [2.24, 2.45) is 0 Å². The lowest BCUT2D eigenvalue weighted by Gasteiger charge is -1.98. The smallest absolute Gasteiger partial charge is 0.292 e. The molecule has 2 rings (SSSR count). The topological polar surface area (TPSA) is 82.3 Å². The Balaban J connectivity index is 2.28. The molecule has 5 nitrogen and oxygen atoms in total. The summed E-state index contributed by atoms with van der Waals surface area (Å²) >= 11 is 0. The van der Waals surface area contributed by atoms with Crippen molar-refractivity contribution in [1.29, 1.82) is 0 Å². The van der Waals surface area contributed by atoms with Crippen molar-refractivity contribution in [1.82, 2.24) is 0 Å². The Morgan fingerprint density at radius 3 is 2.76 bits per heavy atom. The lowest BCUT2D eigenvalue weighted by atomic mass is 10.1. The minimum Gasteiger partial charge on any atom is -0.465 e. The van der Waals surface area contributed by atoms with Crippen molar-refractivity contribution >= 4 is 23.5 Å². The third-order valence-corrected chi connectivity index (χ3v) is 2.23. The minimum atomic E-state index is -0.500. The zero-order valence-electron chi connectivity index (χ0n) is 8.87. The SMILES string of the molecule is Nc1ccc(C=Cc2ccco2)cc1[N+](=O)[O-]. The van der Waals surface area contributed by atoms with E-state index in [-0.39, 0.29) is 11.4 Å². The van der Waals surface area contributed by atoms with Crippen molar-refractivity contribution < 1.29 is 9.34 Å². The van der Waals surface area contributed by atoms with Crippen LogP contribution in [0, 0.1) is 10.1 Å². The van der Waals surface area contributed by atoms with Gasteiger partial charge in [0.05, 0.1) is 11.2 Å². The van der Waals surface area contributed by atoms with Crippen molar-refractivity contribution in [3.8, 4) is 0 Å². The van der Waals surface area contributed by atoms with E-state index in [0.717, 1.165) is 0 Å². The summed E-state index contributed by atoms with van der Waals surface area (Å²) in [6.07, 6.45) is 5.02. The summed E-state index contributed by atoms with van der Waals surface area (Å²) in [5.74, 6) is 0.685. The lowest BCUT2D eigenvalue weighted by Crippen LogP contribution is -1.95. The number of hydrogen-bond donors (Lipinski definition) is 1. The van der Waals surface area contributed by atoms with Gasteiger partial charge >= 0.3 is 0 Å². The number of nitrogens with zero attached hydrogens (tertiary/aromatic N) is 1. The maximum absolute atomic E-state index is 10.7. The molecule has 0 fully saturated rings. The van der Waals surface area contributed by atoms with Gasteiger partial charge in [0.25, 0.3) is 5.69 Å². The van der Waals surface area contributed by atoms with E-state index in [1.807, 2.05) is 0 Å². The zero-order valence-corrected chi connectivity index (χ0v) is 8.87.